The number of aromatic nitrogens is 1. The van der Waals surface area contributed by atoms with Gasteiger partial charge in [-0.25, -0.2) is 18.2 Å². The van der Waals surface area contributed by atoms with Crippen LogP contribution in [0, 0.1) is 0 Å². The Hall–Kier alpha value is -3.87. The van der Waals surface area contributed by atoms with Crippen LogP contribution >= 0.6 is 0 Å². The topological polar surface area (TPSA) is 162 Å². The Morgan fingerprint density at radius 2 is 1.87 bits per heavy atom. The van der Waals surface area contributed by atoms with Crippen LogP contribution in [0.25, 0.3) is 10.9 Å². The third kappa shape index (κ3) is 7.59. The van der Waals surface area contributed by atoms with E-state index in [4.69, 9.17) is 5.73 Å². The molecule has 0 bridgehead atoms. The number of carbonyl (C=O) groups is 1. The van der Waals surface area contributed by atoms with Gasteiger partial charge in [0.1, 0.15) is 30.3 Å². The van der Waals surface area contributed by atoms with Crippen molar-refractivity contribution < 1.29 is 23.4 Å². The number of nitrogens with zero attached hydrogens (tertiary/aromatic N) is 3. The average Bonchev–Trinajstić information content (AvgIpc) is 3.24. The molecule has 1 aromatic heterocycles. The van der Waals surface area contributed by atoms with Gasteiger partial charge in [0, 0.05) is 48.2 Å². The van der Waals surface area contributed by atoms with E-state index in [1.54, 1.807) is 39.9 Å². The van der Waals surface area contributed by atoms with Crippen LogP contribution in [-0.4, -0.2) is 77.5 Å². The third-order valence-electron chi connectivity index (χ3n) is 6.44. The van der Waals surface area contributed by atoms with Crippen molar-refractivity contribution in [2.45, 2.75) is 32.2 Å². The van der Waals surface area contributed by atoms with Gasteiger partial charge in [-0.05, 0) is 60.9 Å². The van der Waals surface area contributed by atoms with Crippen LogP contribution in [0.2, 0.25) is 0 Å². The second-order valence-corrected chi connectivity index (χ2v) is 11.9. The molecular weight excluding hydrogens is 520 g/mol. The average molecular weight is 555 g/mol. The van der Waals surface area contributed by atoms with E-state index in [0.717, 1.165) is 28.3 Å². The molecule has 6 N–H and O–H groups in total. The second kappa shape index (κ2) is 11.9. The van der Waals surface area contributed by atoms with Crippen molar-refractivity contribution in [2.75, 3.05) is 30.7 Å². The molecule has 2 unspecified atom stereocenters. The standard InChI is InChI=1S/C27H34N6O5S/c1-18(29-14-26(34)32-10-9-25(28)30-16-32)11-20-5-8-23-21(12-20)13-24(27(35)36)33(23)15-19-3-6-22(7-4-19)31-17-39(2,37)38/h3-10,12-13,18,26,29,31,34H,11,14-17H2,1-2H3,(H2,28,30)(H,35,36). The molecule has 0 aliphatic carbocycles. The number of hydrogen-bond acceptors (Lipinski definition) is 9. The van der Waals surface area contributed by atoms with Crippen LogP contribution in [-0.2, 0) is 22.8 Å². The predicted molar refractivity (Wildman–Crippen MR) is 152 cm³/mol. The van der Waals surface area contributed by atoms with Crippen LogP contribution in [0.4, 0.5) is 5.69 Å². The first-order chi connectivity index (χ1) is 18.5. The number of carboxylic acid groups (broad SMARTS) is 1. The minimum atomic E-state index is -3.15. The number of rotatable bonds is 12. The number of carboxylic acids is 1. The number of nitrogens with one attached hydrogen (secondary N) is 2. The highest BCUT2D eigenvalue weighted by molar-refractivity contribution is 7.90. The maximum absolute atomic E-state index is 12.0. The fraction of sp³-hybridized carbons (Fsp3) is 0.333. The van der Waals surface area contributed by atoms with Crippen molar-refractivity contribution in [1.29, 1.82) is 0 Å². The van der Waals surface area contributed by atoms with Crippen molar-refractivity contribution in [1.82, 2.24) is 14.8 Å². The summed E-state index contributed by atoms with van der Waals surface area (Å²) in [5.74, 6) is -0.733. The smallest absolute Gasteiger partial charge is 0.352 e. The van der Waals surface area contributed by atoms with E-state index in [2.05, 4.69) is 15.6 Å². The van der Waals surface area contributed by atoms with Gasteiger partial charge in [0.15, 0.2) is 9.84 Å². The minimum Gasteiger partial charge on any atom is -0.477 e. The Morgan fingerprint density at radius 3 is 2.51 bits per heavy atom. The number of aliphatic hydroxyl groups is 1. The Morgan fingerprint density at radius 1 is 1.15 bits per heavy atom. The van der Waals surface area contributed by atoms with E-state index in [-0.39, 0.29) is 17.6 Å². The number of aromatic carboxylic acids is 1. The molecule has 2 atom stereocenters. The number of fused-ring (bicyclic) bond motifs is 1. The molecule has 12 heteroatoms. The molecule has 2 heterocycles. The fourth-order valence-corrected chi connectivity index (χ4v) is 4.83. The molecule has 39 heavy (non-hydrogen) atoms. The van der Waals surface area contributed by atoms with Crippen molar-refractivity contribution in [3.8, 4) is 0 Å². The molecule has 0 radical (unpaired) electrons. The highest BCUT2D eigenvalue weighted by Crippen LogP contribution is 2.24. The van der Waals surface area contributed by atoms with Gasteiger partial charge >= 0.3 is 5.97 Å². The van der Waals surface area contributed by atoms with Crippen LogP contribution in [0.3, 0.4) is 0 Å². The summed E-state index contributed by atoms with van der Waals surface area (Å²) in [7, 11) is -3.15. The Balaban J connectivity index is 1.42. The van der Waals surface area contributed by atoms with Gasteiger partial charge in [0.25, 0.3) is 0 Å². The van der Waals surface area contributed by atoms with E-state index in [1.165, 1.54) is 0 Å². The summed E-state index contributed by atoms with van der Waals surface area (Å²) < 4.78 is 24.5. The van der Waals surface area contributed by atoms with Crippen LogP contribution in [0.1, 0.15) is 28.5 Å². The molecule has 0 spiro atoms. The summed E-state index contributed by atoms with van der Waals surface area (Å²) in [4.78, 5) is 17.8. The normalized spacial score (nSPS) is 15.3. The largest absolute Gasteiger partial charge is 0.477 e. The second-order valence-electron chi connectivity index (χ2n) is 9.81. The zero-order chi connectivity index (χ0) is 28.2. The maximum atomic E-state index is 12.0. The maximum Gasteiger partial charge on any atom is 0.352 e. The van der Waals surface area contributed by atoms with Gasteiger partial charge in [-0.2, -0.15) is 0 Å². The number of anilines is 1. The lowest BCUT2D eigenvalue weighted by Gasteiger charge is -2.28. The molecule has 1 aliphatic rings. The van der Waals surface area contributed by atoms with Crippen molar-refractivity contribution in [3.63, 3.8) is 0 Å². The van der Waals surface area contributed by atoms with Crippen molar-refractivity contribution in [2.24, 2.45) is 10.7 Å². The SMILES string of the molecule is CC(Cc1ccc2c(c1)cc(C(=O)O)n2Cc1ccc(NCS(C)(=O)=O)cc1)NCC(O)N1C=CC(N)=NC1. The molecule has 0 saturated carbocycles. The number of hydrogen-bond donors (Lipinski definition) is 5. The molecule has 11 nitrogen and oxygen atoms in total. The lowest BCUT2D eigenvalue weighted by molar-refractivity contribution is 0.0375. The monoisotopic (exact) mass is 554 g/mol. The van der Waals surface area contributed by atoms with Crippen LogP contribution in [0.5, 0.6) is 0 Å². The minimum absolute atomic E-state index is 0.0651. The summed E-state index contributed by atoms with van der Waals surface area (Å²) in [6.07, 6.45) is 4.49. The lowest BCUT2D eigenvalue weighted by atomic mass is 10.1. The zero-order valence-corrected chi connectivity index (χ0v) is 22.7. The van der Waals surface area contributed by atoms with Gasteiger partial charge in [-0.15, -0.1) is 0 Å². The van der Waals surface area contributed by atoms with Crippen LogP contribution < -0.4 is 16.4 Å². The highest BCUT2D eigenvalue weighted by atomic mass is 32.2. The highest BCUT2D eigenvalue weighted by Gasteiger charge is 2.17. The fourth-order valence-electron chi connectivity index (χ4n) is 4.40. The van der Waals surface area contributed by atoms with E-state index >= 15 is 0 Å². The van der Waals surface area contributed by atoms with E-state index < -0.39 is 22.0 Å². The number of amidine groups is 1. The lowest BCUT2D eigenvalue weighted by Crippen LogP contribution is -2.44. The zero-order valence-electron chi connectivity index (χ0n) is 21.9. The van der Waals surface area contributed by atoms with Crippen molar-refractivity contribution in [3.05, 3.63) is 77.6 Å². The number of aliphatic hydroxyl groups excluding tert-OH is 1. The van der Waals surface area contributed by atoms with Crippen molar-refractivity contribution >= 4 is 38.2 Å². The first kappa shape index (κ1) is 28.1. The Bertz CT molecular complexity index is 1500. The third-order valence-corrected chi connectivity index (χ3v) is 7.11. The molecule has 4 rings (SSSR count). The number of nitrogens with two attached hydrogens (primary N) is 1. The van der Waals surface area contributed by atoms with E-state index in [1.807, 2.05) is 37.3 Å². The first-order valence-electron chi connectivity index (χ1n) is 12.5. The molecule has 0 fully saturated rings. The summed E-state index contributed by atoms with van der Waals surface area (Å²) in [6, 6.07) is 14.9. The Kier molecular flexibility index (Phi) is 8.58. The van der Waals surface area contributed by atoms with E-state index in [0.29, 0.717) is 37.7 Å². The first-order valence-corrected chi connectivity index (χ1v) is 14.6. The molecular formula is C27H34N6O5S. The number of benzene rings is 2. The molecule has 2 aromatic carbocycles. The quantitative estimate of drug-likeness (QED) is 0.225. The van der Waals surface area contributed by atoms with Gasteiger partial charge < -0.3 is 36.0 Å². The van der Waals surface area contributed by atoms with Crippen LogP contribution in [0.15, 0.2) is 65.8 Å². The molecule has 1 aliphatic heterocycles. The molecule has 0 amide bonds. The molecule has 0 saturated heterocycles. The van der Waals surface area contributed by atoms with E-state index in [9.17, 15) is 23.4 Å². The predicted octanol–water partition coefficient (Wildman–Crippen LogP) is 1.78. The van der Waals surface area contributed by atoms with Gasteiger partial charge in [-0.3, -0.25) is 0 Å². The van der Waals surface area contributed by atoms with Gasteiger partial charge in [0.2, 0.25) is 0 Å². The summed E-state index contributed by atoms with van der Waals surface area (Å²) in [5.41, 5.74) is 9.22. The molecule has 3 aromatic rings. The Labute approximate surface area is 227 Å². The molecule has 208 valence electrons. The summed E-state index contributed by atoms with van der Waals surface area (Å²) in [5, 5.41) is 27.3. The summed E-state index contributed by atoms with van der Waals surface area (Å²) in [6.45, 7) is 3.04. The summed E-state index contributed by atoms with van der Waals surface area (Å²) >= 11 is 0. The number of aliphatic imine (C=N–C) groups is 1. The van der Waals surface area contributed by atoms with Gasteiger partial charge in [-0.1, -0.05) is 18.2 Å². The van der Waals surface area contributed by atoms with Gasteiger partial charge in [0.05, 0.1) is 0 Å². The number of sulfone groups is 1.